The second kappa shape index (κ2) is 10.9. The summed E-state index contributed by atoms with van der Waals surface area (Å²) in [5.74, 6) is 0. The average Bonchev–Trinajstić information content (AvgIpc) is 2.04. The number of hydrogen-bond donors (Lipinski definition) is 0. The van der Waals surface area contributed by atoms with Crippen LogP contribution >= 0.6 is 16.9 Å². The quantitative estimate of drug-likeness (QED) is 0.684. The molecule has 0 radical (unpaired) electrons. The van der Waals surface area contributed by atoms with Crippen LogP contribution in [0.3, 0.4) is 0 Å². The van der Waals surface area contributed by atoms with Gasteiger partial charge in [-0.3, -0.25) is 0 Å². The minimum Gasteiger partial charge on any atom is -0.175 e. The second-order valence-corrected chi connectivity index (χ2v) is 2.63. The van der Waals surface area contributed by atoms with Gasteiger partial charge in [0.1, 0.15) is 0 Å². The zero-order valence-corrected chi connectivity index (χ0v) is 8.22. The molecule has 0 saturated heterocycles. The van der Waals surface area contributed by atoms with Crippen molar-refractivity contribution in [2.45, 2.75) is 6.61 Å². The Morgan fingerprint density at radius 1 is 1.33 bits per heavy atom. The first kappa shape index (κ1) is 14.5. The van der Waals surface area contributed by atoms with Crippen LogP contribution in [0.2, 0.25) is 0 Å². The topological polar surface area (TPSA) is 61.8 Å². The first-order valence-corrected chi connectivity index (χ1v) is 4.36. The molecule has 72 valence electrons. The molecule has 0 heterocycles. The Hall–Kier alpha value is -0.0600. The zero-order chi connectivity index (χ0) is 9.98. The van der Waals surface area contributed by atoms with Crippen molar-refractivity contribution in [3.05, 3.63) is 0 Å². The lowest BCUT2D eigenvalue weighted by molar-refractivity contribution is -0.0404. The summed E-state index contributed by atoms with van der Waals surface area (Å²) in [4.78, 5) is 0. The van der Waals surface area contributed by atoms with Crippen LogP contribution in [-0.2, 0) is 22.7 Å². The maximum absolute atomic E-state index is 10.6. The van der Waals surface area contributed by atoms with E-state index in [1.807, 2.05) is 0 Å². The molecule has 1 atom stereocenters. The van der Waals surface area contributed by atoms with Crippen LogP contribution in [0.5, 0.6) is 0 Å². The first-order chi connectivity index (χ1) is 5.58. The van der Waals surface area contributed by atoms with Gasteiger partial charge < -0.3 is 0 Å². The van der Waals surface area contributed by atoms with Crippen LogP contribution in [0, 0.1) is 0 Å². The van der Waals surface area contributed by atoms with Crippen LogP contribution in [-0.4, -0.2) is 20.8 Å². The summed E-state index contributed by atoms with van der Waals surface area (Å²) in [5, 5.41) is 0. The van der Waals surface area contributed by atoms with Gasteiger partial charge in [-0.05, 0) is 4.57 Å². The second-order valence-electron chi connectivity index (χ2n) is 1.05. The van der Waals surface area contributed by atoms with Crippen molar-refractivity contribution in [1.29, 1.82) is 0 Å². The average molecular weight is 224 g/mol. The van der Waals surface area contributed by atoms with E-state index in [1.165, 1.54) is 14.2 Å². The summed E-state index contributed by atoms with van der Waals surface area (Å²) >= 11 is 0. The van der Waals surface area contributed by atoms with Crippen molar-refractivity contribution < 1.29 is 31.5 Å². The number of rotatable bonds is 4. The summed E-state index contributed by atoms with van der Waals surface area (Å²) < 4.78 is 51.7. The highest BCUT2D eigenvalue weighted by Gasteiger charge is 2.10. The molecule has 0 aromatic rings. The molecule has 0 N–H and O–H groups in total. The fourth-order valence-electron chi connectivity index (χ4n) is 0.111. The third-order valence-electron chi connectivity index (χ3n) is 0.435. The molecule has 12 heavy (non-hydrogen) atoms. The highest BCUT2D eigenvalue weighted by Crippen LogP contribution is 2.18. The Kier molecular flexibility index (Phi) is 13.2. The fraction of sp³-hybridized carbons (Fsp3) is 1.00. The van der Waals surface area contributed by atoms with E-state index in [0.29, 0.717) is 0 Å². The predicted octanol–water partition coefficient (Wildman–Crippen LogP) is 2.10. The van der Waals surface area contributed by atoms with E-state index < -0.39 is 23.6 Å². The number of halogens is 2. The molecule has 0 rings (SSSR count). The van der Waals surface area contributed by atoms with Crippen LogP contribution in [0.1, 0.15) is 0 Å². The molecule has 0 amide bonds. The molecule has 0 aromatic carbocycles. The minimum atomic E-state index is -2.90. The largest absolute Gasteiger partial charge is 0.696 e. The maximum atomic E-state index is 10.6. The minimum absolute atomic E-state index is 1.32. The third kappa shape index (κ3) is 16.5. The van der Waals surface area contributed by atoms with Crippen molar-refractivity contribution in [3.8, 4) is 0 Å². The van der Waals surface area contributed by atoms with Crippen molar-refractivity contribution in [3.63, 3.8) is 0 Å². The lowest BCUT2D eigenvalue weighted by Crippen LogP contribution is -1.83. The summed E-state index contributed by atoms with van der Waals surface area (Å²) in [5.41, 5.74) is 0. The fourth-order valence-corrected chi connectivity index (χ4v) is 0.333. The molecule has 1 unspecified atom stereocenters. The summed E-state index contributed by atoms with van der Waals surface area (Å²) in [7, 11) is -0.545. The van der Waals surface area contributed by atoms with Crippen LogP contribution in [0.4, 0.5) is 8.78 Å². The van der Waals surface area contributed by atoms with Crippen LogP contribution < -0.4 is 0 Å². The maximum Gasteiger partial charge on any atom is 0.696 e. The predicted molar refractivity (Wildman–Crippen MR) is 37.7 cm³/mol. The van der Waals surface area contributed by atoms with Crippen molar-refractivity contribution in [2.75, 3.05) is 14.2 Å². The SMILES string of the molecule is CO[P+](=O)OC.O=[PH+]OC(F)F. The van der Waals surface area contributed by atoms with Gasteiger partial charge in [0.15, 0.2) is 0 Å². The lowest BCUT2D eigenvalue weighted by Gasteiger charge is -1.74. The van der Waals surface area contributed by atoms with Gasteiger partial charge in [0.05, 0.1) is 14.2 Å². The standard InChI is InChI=1S/C2H6O3P.CH2F2O2P/c1-4-6(3)5-2;2-1(3)5-6-4/h1-2H3;1,6H/q2*+1. The van der Waals surface area contributed by atoms with Gasteiger partial charge >= 0.3 is 23.6 Å². The normalized spacial score (nSPS) is 9.42. The smallest absolute Gasteiger partial charge is 0.175 e. The van der Waals surface area contributed by atoms with Gasteiger partial charge in [-0.1, -0.05) is 4.52 Å². The molecule has 0 bridgehead atoms. The van der Waals surface area contributed by atoms with Gasteiger partial charge in [-0.2, -0.15) is 8.78 Å². The molecule has 0 aromatic heterocycles. The van der Waals surface area contributed by atoms with Crippen LogP contribution in [0.25, 0.3) is 0 Å². The van der Waals surface area contributed by atoms with Crippen molar-refractivity contribution >= 4 is 16.9 Å². The van der Waals surface area contributed by atoms with E-state index in [9.17, 15) is 13.3 Å². The van der Waals surface area contributed by atoms with E-state index in [0.717, 1.165) is 0 Å². The van der Waals surface area contributed by atoms with Gasteiger partial charge in [0, 0.05) is 4.57 Å². The first-order valence-electron chi connectivity index (χ1n) is 2.44. The molecule has 0 spiro atoms. The summed E-state index contributed by atoms with van der Waals surface area (Å²) in [6.07, 6.45) is 0. The van der Waals surface area contributed by atoms with Crippen LogP contribution in [0.15, 0.2) is 0 Å². The van der Waals surface area contributed by atoms with E-state index in [4.69, 9.17) is 4.57 Å². The third-order valence-corrected chi connectivity index (χ3v) is 1.31. The zero-order valence-electron chi connectivity index (χ0n) is 6.32. The Labute approximate surface area is 70.2 Å². The Balaban J connectivity index is 0. The monoisotopic (exact) mass is 224 g/mol. The summed E-state index contributed by atoms with van der Waals surface area (Å²) in [6, 6.07) is 0. The molecule has 5 nitrogen and oxygen atoms in total. The van der Waals surface area contributed by atoms with Crippen molar-refractivity contribution in [1.82, 2.24) is 0 Å². The molecular formula is C3H8F2O5P2+2. The van der Waals surface area contributed by atoms with Gasteiger partial charge in [0.2, 0.25) is 0 Å². The Morgan fingerprint density at radius 2 is 1.75 bits per heavy atom. The van der Waals surface area contributed by atoms with E-state index in [-0.39, 0.29) is 0 Å². The van der Waals surface area contributed by atoms with Gasteiger partial charge in [-0.15, -0.1) is 9.05 Å². The molecule has 0 saturated carbocycles. The highest BCUT2D eigenvalue weighted by molar-refractivity contribution is 7.33. The lowest BCUT2D eigenvalue weighted by atomic mass is 11.5. The Morgan fingerprint density at radius 3 is 1.75 bits per heavy atom. The van der Waals surface area contributed by atoms with Gasteiger partial charge in [0.25, 0.3) is 0 Å². The van der Waals surface area contributed by atoms with E-state index in [2.05, 4.69) is 13.6 Å². The number of alkyl halides is 2. The number of hydrogen-bond acceptors (Lipinski definition) is 5. The summed E-state index contributed by atoms with van der Waals surface area (Å²) in [6.45, 7) is -2.90. The van der Waals surface area contributed by atoms with E-state index >= 15 is 0 Å². The molecule has 9 heteroatoms. The van der Waals surface area contributed by atoms with Crippen molar-refractivity contribution in [2.24, 2.45) is 0 Å². The molecule has 0 aliphatic heterocycles. The molecule has 0 aliphatic carbocycles. The Bertz CT molecular complexity index is 126. The molecular weight excluding hydrogens is 216 g/mol. The molecule has 0 fully saturated rings. The highest BCUT2D eigenvalue weighted by atomic mass is 31.1. The van der Waals surface area contributed by atoms with E-state index in [1.54, 1.807) is 0 Å². The van der Waals surface area contributed by atoms with Gasteiger partial charge in [-0.25, -0.2) is 0 Å². The molecule has 0 aliphatic rings.